The van der Waals surface area contributed by atoms with E-state index < -0.39 is 12.4 Å². The molecular weight excluding hydrogens is 337 g/mol. The van der Waals surface area contributed by atoms with Crippen molar-refractivity contribution < 1.29 is 27.4 Å². The van der Waals surface area contributed by atoms with Crippen LogP contribution in [0.5, 0.6) is 11.5 Å². The maximum Gasteiger partial charge on any atom is 0.387 e. The molecule has 0 heterocycles. The van der Waals surface area contributed by atoms with Gasteiger partial charge < -0.3 is 20.1 Å². The van der Waals surface area contributed by atoms with E-state index in [1.807, 2.05) is 0 Å². The van der Waals surface area contributed by atoms with Crippen LogP contribution in [0.15, 0.2) is 42.5 Å². The number of carbonyl (C=O) groups is 1. The molecule has 0 saturated heterocycles. The number of amides is 1. The molecule has 0 aliphatic carbocycles. The Bertz CT molecular complexity index is 726. The Morgan fingerprint density at radius 3 is 2.60 bits per heavy atom. The predicted octanol–water partition coefficient (Wildman–Crippen LogP) is 3.16. The fourth-order valence-corrected chi connectivity index (χ4v) is 2.06. The number of hydrogen-bond donors (Lipinski definition) is 2. The first-order valence-electron chi connectivity index (χ1n) is 7.36. The fourth-order valence-electron chi connectivity index (χ4n) is 2.06. The third-order valence-corrected chi connectivity index (χ3v) is 3.27. The molecular formula is C17H17F3N2O3. The highest BCUT2D eigenvalue weighted by molar-refractivity contribution is 5.80. The predicted molar refractivity (Wildman–Crippen MR) is 86.4 cm³/mol. The summed E-state index contributed by atoms with van der Waals surface area (Å²) in [7, 11) is 1.33. The van der Waals surface area contributed by atoms with E-state index in [1.54, 1.807) is 24.3 Å². The third-order valence-electron chi connectivity index (χ3n) is 3.27. The average molecular weight is 354 g/mol. The molecule has 0 aliphatic heterocycles. The second-order valence-electron chi connectivity index (χ2n) is 4.97. The molecule has 8 heteroatoms. The topological polar surface area (TPSA) is 59.6 Å². The minimum Gasteiger partial charge on any atom is -0.493 e. The van der Waals surface area contributed by atoms with E-state index in [1.165, 1.54) is 25.3 Å². The lowest BCUT2D eigenvalue weighted by Crippen LogP contribution is -2.29. The number of nitrogens with one attached hydrogen (secondary N) is 2. The van der Waals surface area contributed by atoms with E-state index in [0.717, 1.165) is 0 Å². The lowest BCUT2D eigenvalue weighted by atomic mass is 10.2. The largest absolute Gasteiger partial charge is 0.493 e. The Morgan fingerprint density at radius 2 is 1.92 bits per heavy atom. The number of ether oxygens (including phenoxy) is 2. The molecule has 2 rings (SSSR count). The van der Waals surface area contributed by atoms with E-state index in [9.17, 15) is 18.0 Å². The number of anilines is 1. The zero-order valence-corrected chi connectivity index (χ0v) is 13.4. The third kappa shape index (κ3) is 5.59. The standard InChI is InChI=1S/C17H17F3N2O3/c1-24-14-7-6-12(8-15(14)25-17(19)20)21-10-16(23)22-9-11-4-2-3-5-13(11)18/h2-8,17,21H,9-10H2,1H3,(H,22,23). The monoisotopic (exact) mass is 354 g/mol. The van der Waals surface area contributed by atoms with Gasteiger partial charge in [-0.2, -0.15) is 8.78 Å². The Hall–Kier alpha value is -2.90. The Balaban J connectivity index is 1.89. The van der Waals surface area contributed by atoms with E-state index in [4.69, 9.17) is 4.74 Å². The van der Waals surface area contributed by atoms with Gasteiger partial charge in [-0.05, 0) is 18.2 Å². The minimum atomic E-state index is -2.99. The molecule has 0 radical (unpaired) electrons. The molecule has 5 nitrogen and oxygen atoms in total. The number of halogens is 3. The normalized spacial score (nSPS) is 10.4. The smallest absolute Gasteiger partial charge is 0.387 e. The number of carbonyl (C=O) groups excluding carboxylic acids is 1. The van der Waals surface area contributed by atoms with Crippen molar-refractivity contribution >= 4 is 11.6 Å². The zero-order valence-electron chi connectivity index (χ0n) is 13.4. The first kappa shape index (κ1) is 18.4. The van der Waals surface area contributed by atoms with Crippen LogP contribution in [0, 0.1) is 5.82 Å². The fraction of sp³-hybridized carbons (Fsp3) is 0.235. The molecule has 0 aliphatic rings. The number of hydrogen-bond acceptors (Lipinski definition) is 4. The van der Waals surface area contributed by atoms with Gasteiger partial charge in [0.15, 0.2) is 11.5 Å². The summed E-state index contributed by atoms with van der Waals surface area (Å²) in [6, 6.07) is 10.4. The molecule has 2 N–H and O–H groups in total. The van der Waals surface area contributed by atoms with Gasteiger partial charge in [-0.25, -0.2) is 4.39 Å². The number of rotatable bonds is 8. The van der Waals surface area contributed by atoms with Gasteiger partial charge in [-0.1, -0.05) is 18.2 Å². The van der Waals surface area contributed by atoms with Crippen molar-refractivity contribution in [2.75, 3.05) is 19.0 Å². The van der Waals surface area contributed by atoms with Gasteiger partial charge in [-0.3, -0.25) is 4.79 Å². The summed E-state index contributed by atoms with van der Waals surface area (Å²) in [4.78, 5) is 11.8. The molecule has 0 spiro atoms. The lowest BCUT2D eigenvalue weighted by Gasteiger charge is -2.13. The van der Waals surface area contributed by atoms with Crippen LogP contribution >= 0.6 is 0 Å². The second-order valence-corrected chi connectivity index (χ2v) is 4.97. The van der Waals surface area contributed by atoms with Crippen molar-refractivity contribution in [2.45, 2.75) is 13.2 Å². The van der Waals surface area contributed by atoms with Crippen molar-refractivity contribution in [3.63, 3.8) is 0 Å². The van der Waals surface area contributed by atoms with Gasteiger partial charge in [0.1, 0.15) is 5.82 Å². The van der Waals surface area contributed by atoms with Crippen molar-refractivity contribution in [1.29, 1.82) is 0 Å². The maximum atomic E-state index is 13.5. The summed E-state index contributed by atoms with van der Waals surface area (Å²) in [5, 5.41) is 5.34. The Morgan fingerprint density at radius 1 is 1.16 bits per heavy atom. The Kier molecular flexibility index (Phi) is 6.50. The van der Waals surface area contributed by atoms with Gasteiger partial charge in [0.05, 0.1) is 13.7 Å². The van der Waals surface area contributed by atoms with Crippen LogP contribution in [0.4, 0.5) is 18.9 Å². The van der Waals surface area contributed by atoms with Gasteiger partial charge in [-0.15, -0.1) is 0 Å². The van der Waals surface area contributed by atoms with E-state index in [0.29, 0.717) is 11.3 Å². The molecule has 0 fully saturated rings. The number of methoxy groups -OCH3 is 1. The van der Waals surface area contributed by atoms with Crippen LogP contribution in [0.25, 0.3) is 0 Å². The molecule has 0 saturated carbocycles. The van der Waals surface area contributed by atoms with Crippen LogP contribution < -0.4 is 20.1 Å². The molecule has 0 bridgehead atoms. The van der Waals surface area contributed by atoms with Crippen LogP contribution in [-0.4, -0.2) is 26.2 Å². The molecule has 2 aromatic carbocycles. The van der Waals surface area contributed by atoms with Crippen LogP contribution in [0.2, 0.25) is 0 Å². The minimum absolute atomic E-state index is 0.0511. The number of alkyl halides is 2. The summed E-state index contributed by atoms with van der Waals surface area (Å²) >= 11 is 0. The van der Waals surface area contributed by atoms with Crippen molar-refractivity contribution in [1.82, 2.24) is 5.32 Å². The second kappa shape index (κ2) is 8.81. The summed E-state index contributed by atoms with van der Waals surface area (Å²) in [6.45, 7) is -3.06. The van der Waals surface area contributed by atoms with E-state index >= 15 is 0 Å². The van der Waals surface area contributed by atoms with E-state index in [-0.39, 0.29) is 30.5 Å². The highest BCUT2D eigenvalue weighted by Crippen LogP contribution is 2.31. The molecule has 25 heavy (non-hydrogen) atoms. The molecule has 1 amide bonds. The summed E-state index contributed by atoms with van der Waals surface area (Å²) in [6.07, 6.45) is 0. The quantitative estimate of drug-likeness (QED) is 0.765. The van der Waals surface area contributed by atoms with Crippen LogP contribution in [0.1, 0.15) is 5.56 Å². The average Bonchev–Trinajstić information content (AvgIpc) is 2.59. The highest BCUT2D eigenvalue weighted by Gasteiger charge is 2.12. The van der Waals surface area contributed by atoms with Gasteiger partial charge in [0, 0.05) is 23.9 Å². The van der Waals surface area contributed by atoms with Crippen molar-refractivity contribution in [3.8, 4) is 11.5 Å². The number of benzene rings is 2. The van der Waals surface area contributed by atoms with Crippen molar-refractivity contribution in [3.05, 3.63) is 53.8 Å². The first-order valence-corrected chi connectivity index (χ1v) is 7.36. The molecule has 0 atom stereocenters. The Labute approximate surface area is 142 Å². The van der Waals surface area contributed by atoms with Crippen LogP contribution in [-0.2, 0) is 11.3 Å². The molecule has 2 aromatic rings. The summed E-state index contributed by atoms with van der Waals surface area (Å²) < 4.78 is 47.5. The van der Waals surface area contributed by atoms with Gasteiger partial charge in [0.2, 0.25) is 5.91 Å². The van der Waals surface area contributed by atoms with Crippen molar-refractivity contribution in [2.24, 2.45) is 0 Å². The zero-order chi connectivity index (χ0) is 18.2. The highest BCUT2D eigenvalue weighted by atomic mass is 19.3. The first-order chi connectivity index (χ1) is 12.0. The molecule has 134 valence electrons. The van der Waals surface area contributed by atoms with E-state index in [2.05, 4.69) is 15.4 Å². The molecule has 0 aromatic heterocycles. The SMILES string of the molecule is COc1ccc(NCC(=O)NCc2ccccc2F)cc1OC(F)F. The summed E-state index contributed by atoms with van der Waals surface area (Å²) in [5.74, 6) is -0.778. The van der Waals surface area contributed by atoms with Crippen LogP contribution in [0.3, 0.4) is 0 Å². The van der Waals surface area contributed by atoms with Gasteiger partial charge >= 0.3 is 6.61 Å². The summed E-state index contributed by atoms with van der Waals surface area (Å²) in [5.41, 5.74) is 0.769. The molecule has 0 unspecified atom stereocenters. The lowest BCUT2D eigenvalue weighted by molar-refractivity contribution is -0.119. The maximum absolute atomic E-state index is 13.5. The van der Waals surface area contributed by atoms with Gasteiger partial charge in [0.25, 0.3) is 0 Å².